The zero-order valence-electron chi connectivity index (χ0n) is 15.1. The molecular formula is C19H22N4OS2. The maximum atomic E-state index is 12.4. The molecule has 0 unspecified atom stereocenters. The molecule has 0 bridgehead atoms. The molecule has 1 atom stereocenters. The molecule has 26 heavy (non-hydrogen) atoms. The zero-order valence-corrected chi connectivity index (χ0v) is 16.7. The van der Waals surface area contributed by atoms with Crippen molar-refractivity contribution in [3.05, 3.63) is 52.2 Å². The zero-order chi connectivity index (χ0) is 18.5. The first-order chi connectivity index (χ1) is 12.6. The summed E-state index contributed by atoms with van der Waals surface area (Å²) in [6, 6.07) is 12.1. The molecule has 0 fully saturated rings. The fourth-order valence-corrected chi connectivity index (χ4v) is 4.21. The van der Waals surface area contributed by atoms with Gasteiger partial charge >= 0.3 is 0 Å². The molecule has 5 nitrogen and oxygen atoms in total. The lowest BCUT2D eigenvalue weighted by atomic mass is 10.1. The smallest absolute Gasteiger partial charge is 0.233 e. The minimum absolute atomic E-state index is 0.00601. The summed E-state index contributed by atoms with van der Waals surface area (Å²) >= 11 is 3.08. The highest BCUT2D eigenvalue weighted by Gasteiger charge is 2.20. The quantitative estimate of drug-likeness (QED) is 0.620. The van der Waals surface area contributed by atoms with E-state index in [0.29, 0.717) is 6.54 Å². The number of nitrogens with zero attached hydrogens (tertiary/aromatic N) is 3. The van der Waals surface area contributed by atoms with Crippen molar-refractivity contribution in [3.63, 3.8) is 0 Å². The van der Waals surface area contributed by atoms with E-state index in [1.165, 1.54) is 11.8 Å². The normalized spacial score (nSPS) is 12.1. The second-order valence-electron chi connectivity index (χ2n) is 5.92. The molecule has 0 spiro atoms. The van der Waals surface area contributed by atoms with Crippen LogP contribution in [0.15, 0.2) is 46.9 Å². The molecule has 3 rings (SSSR count). The fourth-order valence-electron chi connectivity index (χ4n) is 2.63. The van der Waals surface area contributed by atoms with Crippen molar-refractivity contribution in [1.82, 2.24) is 20.1 Å². The van der Waals surface area contributed by atoms with Crippen molar-refractivity contribution in [2.75, 3.05) is 0 Å². The molecule has 2 heterocycles. The number of nitrogens with one attached hydrogen (secondary N) is 1. The third kappa shape index (κ3) is 4.16. The Labute approximate surface area is 161 Å². The van der Waals surface area contributed by atoms with E-state index >= 15 is 0 Å². The second-order valence-corrected chi connectivity index (χ2v) is 8.26. The Balaban J connectivity index is 1.71. The number of amides is 1. The van der Waals surface area contributed by atoms with E-state index in [4.69, 9.17) is 0 Å². The number of aromatic nitrogens is 3. The predicted octanol–water partition coefficient (Wildman–Crippen LogP) is 4.13. The van der Waals surface area contributed by atoms with Crippen LogP contribution in [0.3, 0.4) is 0 Å². The minimum atomic E-state index is -0.241. The number of thioether (sulfide) groups is 1. The van der Waals surface area contributed by atoms with Gasteiger partial charge in [0.1, 0.15) is 0 Å². The monoisotopic (exact) mass is 386 g/mol. The summed E-state index contributed by atoms with van der Waals surface area (Å²) in [6.07, 6.45) is 0. The van der Waals surface area contributed by atoms with Gasteiger partial charge in [-0.15, -0.1) is 21.5 Å². The first kappa shape index (κ1) is 18.7. The highest BCUT2D eigenvalue weighted by atomic mass is 32.2. The van der Waals surface area contributed by atoms with E-state index < -0.39 is 0 Å². The van der Waals surface area contributed by atoms with Crippen LogP contribution in [-0.2, 0) is 17.9 Å². The van der Waals surface area contributed by atoms with E-state index in [1.807, 2.05) is 36.6 Å². The topological polar surface area (TPSA) is 59.8 Å². The number of benzene rings is 1. The second kappa shape index (κ2) is 8.51. The van der Waals surface area contributed by atoms with Crippen molar-refractivity contribution < 1.29 is 4.79 Å². The average molecular weight is 387 g/mol. The van der Waals surface area contributed by atoms with E-state index in [-0.39, 0.29) is 11.2 Å². The SMILES string of the molecule is CCn1c(S[C@H](C)C(=O)NCc2cccs2)nnc1-c1ccccc1C. The highest BCUT2D eigenvalue weighted by molar-refractivity contribution is 8.00. The fraction of sp³-hybridized carbons (Fsp3) is 0.316. The van der Waals surface area contributed by atoms with Crippen LogP contribution in [-0.4, -0.2) is 25.9 Å². The minimum Gasteiger partial charge on any atom is -0.350 e. The maximum absolute atomic E-state index is 12.4. The molecule has 0 radical (unpaired) electrons. The third-order valence-corrected chi connectivity index (χ3v) is 6.04. The van der Waals surface area contributed by atoms with Gasteiger partial charge in [0.2, 0.25) is 5.91 Å². The number of hydrogen-bond acceptors (Lipinski definition) is 5. The van der Waals surface area contributed by atoms with Crippen LogP contribution in [0.4, 0.5) is 0 Å². The van der Waals surface area contributed by atoms with E-state index in [2.05, 4.69) is 46.1 Å². The number of hydrogen-bond donors (Lipinski definition) is 1. The van der Waals surface area contributed by atoms with Gasteiger partial charge in [-0.25, -0.2) is 0 Å². The number of carbonyl (C=O) groups is 1. The summed E-state index contributed by atoms with van der Waals surface area (Å²) in [4.78, 5) is 13.5. The van der Waals surface area contributed by atoms with Crippen LogP contribution in [0, 0.1) is 6.92 Å². The molecule has 0 aliphatic carbocycles. The summed E-state index contributed by atoms with van der Waals surface area (Å²) in [5.41, 5.74) is 2.23. The van der Waals surface area contributed by atoms with Gasteiger partial charge in [-0.1, -0.05) is 42.1 Å². The predicted molar refractivity (Wildman–Crippen MR) is 107 cm³/mol. The first-order valence-corrected chi connectivity index (χ1v) is 10.3. The molecule has 7 heteroatoms. The van der Waals surface area contributed by atoms with E-state index in [9.17, 15) is 4.79 Å². The van der Waals surface area contributed by atoms with Crippen molar-refractivity contribution >= 4 is 29.0 Å². The molecule has 0 saturated carbocycles. The highest BCUT2D eigenvalue weighted by Crippen LogP contribution is 2.28. The van der Waals surface area contributed by atoms with Gasteiger partial charge in [-0.05, 0) is 37.8 Å². The van der Waals surface area contributed by atoms with Crippen molar-refractivity contribution in [2.45, 2.75) is 44.3 Å². The van der Waals surface area contributed by atoms with Gasteiger partial charge in [0, 0.05) is 17.0 Å². The maximum Gasteiger partial charge on any atom is 0.233 e. The van der Waals surface area contributed by atoms with E-state index in [1.54, 1.807) is 11.3 Å². The molecule has 1 amide bonds. The van der Waals surface area contributed by atoms with Gasteiger partial charge < -0.3 is 9.88 Å². The number of thiophene rings is 1. The Bertz CT molecular complexity index is 874. The first-order valence-electron chi connectivity index (χ1n) is 8.56. The standard InChI is InChI=1S/C19H22N4OS2/c1-4-23-17(16-10-6-5-8-13(16)2)21-22-19(23)26-14(3)18(24)20-12-15-9-7-11-25-15/h5-11,14H,4,12H2,1-3H3,(H,20,24)/t14-/m1/s1. The third-order valence-electron chi connectivity index (χ3n) is 4.09. The van der Waals surface area contributed by atoms with Gasteiger partial charge in [0.15, 0.2) is 11.0 Å². The van der Waals surface area contributed by atoms with E-state index in [0.717, 1.165) is 33.5 Å². The summed E-state index contributed by atoms with van der Waals surface area (Å²) in [7, 11) is 0. The average Bonchev–Trinajstić information content (AvgIpc) is 3.29. The summed E-state index contributed by atoms with van der Waals surface area (Å²) in [5, 5.41) is 14.2. The lowest BCUT2D eigenvalue weighted by molar-refractivity contribution is -0.120. The Morgan fingerprint density at radius 2 is 2.08 bits per heavy atom. The van der Waals surface area contributed by atoms with Crippen LogP contribution >= 0.6 is 23.1 Å². The summed E-state index contributed by atoms with van der Waals surface area (Å²) in [5.74, 6) is 0.853. The molecule has 1 aromatic carbocycles. The molecule has 0 saturated heterocycles. The van der Waals surface area contributed by atoms with Crippen molar-refractivity contribution in [3.8, 4) is 11.4 Å². The van der Waals surface area contributed by atoms with Crippen LogP contribution in [0.5, 0.6) is 0 Å². The Kier molecular flexibility index (Phi) is 6.11. The summed E-state index contributed by atoms with van der Waals surface area (Å²) in [6.45, 7) is 7.35. The van der Waals surface area contributed by atoms with Crippen molar-refractivity contribution in [1.29, 1.82) is 0 Å². The molecule has 136 valence electrons. The number of aryl methyl sites for hydroxylation is 1. The lowest BCUT2D eigenvalue weighted by Gasteiger charge is -2.13. The van der Waals surface area contributed by atoms with Crippen LogP contribution in [0.25, 0.3) is 11.4 Å². The van der Waals surface area contributed by atoms with Gasteiger partial charge in [0.05, 0.1) is 11.8 Å². The molecule has 0 aliphatic rings. The molecular weight excluding hydrogens is 364 g/mol. The largest absolute Gasteiger partial charge is 0.350 e. The Morgan fingerprint density at radius 1 is 1.27 bits per heavy atom. The molecule has 3 aromatic rings. The van der Waals surface area contributed by atoms with Crippen LogP contribution < -0.4 is 5.32 Å². The molecule has 1 N–H and O–H groups in total. The lowest BCUT2D eigenvalue weighted by Crippen LogP contribution is -2.30. The van der Waals surface area contributed by atoms with Gasteiger partial charge in [0.25, 0.3) is 0 Å². The van der Waals surface area contributed by atoms with Crippen LogP contribution in [0.1, 0.15) is 24.3 Å². The summed E-state index contributed by atoms with van der Waals surface area (Å²) < 4.78 is 2.07. The molecule has 2 aromatic heterocycles. The number of rotatable bonds is 7. The number of carbonyl (C=O) groups excluding carboxylic acids is 1. The Hall–Kier alpha value is -2.12. The van der Waals surface area contributed by atoms with Crippen molar-refractivity contribution in [2.24, 2.45) is 0 Å². The van der Waals surface area contributed by atoms with Gasteiger partial charge in [-0.2, -0.15) is 0 Å². The van der Waals surface area contributed by atoms with Crippen LogP contribution in [0.2, 0.25) is 0 Å². The van der Waals surface area contributed by atoms with Gasteiger partial charge in [-0.3, -0.25) is 4.79 Å². The Morgan fingerprint density at radius 3 is 2.77 bits per heavy atom. The molecule has 0 aliphatic heterocycles.